The van der Waals surface area contributed by atoms with Crippen LogP contribution in [0.25, 0.3) is 0 Å². The highest BCUT2D eigenvalue weighted by atomic mass is 35.5. The molecule has 214 valence electrons. The van der Waals surface area contributed by atoms with Crippen molar-refractivity contribution in [2.24, 2.45) is 5.10 Å². The van der Waals surface area contributed by atoms with Crippen molar-refractivity contribution in [2.45, 2.75) is 19.7 Å². The minimum atomic E-state index is -0.460. The summed E-state index contributed by atoms with van der Waals surface area (Å²) in [5.74, 6) is 0.901. The van der Waals surface area contributed by atoms with Crippen molar-refractivity contribution in [3.8, 4) is 5.75 Å². The van der Waals surface area contributed by atoms with Crippen LogP contribution in [0, 0.1) is 0 Å². The first-order chi connectivity index (χ1) is 20.5. The number of rotatable bonds is 8. The molecule has 9 heteroatoms. The second-order valence-electron chi connectivity index (χ2n) is 10.1. The summed E-state index contributed by atoms with van der Waals surface area (Å²) >= 11 is 13.1. The van der Waals surface area contributed by atoms with E-state index < -0.39 is 6.17 Å². The van der Waals surface area contributed by atoms with E-state index in [0.29, 0.717) is 35.7 Å². The van der Waals surface area contributed by atoms with Gasteiger partial charge >= 0.3 is 0 Å². The lowest BCUT2D eigenvalue weighted by atomic mass is 10.1. The van der Waals surface area contributed by atoms with E-state index in [1.54, 1.807) is 0 Å². The fourth-order valence-electron chi connectivity index (χ4n) is 5.20. The minimum Gasteiger partial charge on any atom is -0.489 e. The number of anilines is 3. The van der Waals surface area contributed by atoms with E-state index in [0.717, 1.165) is 47.0 Å². The van der Waals surface area contributed by atoms with Crippen molar-refractivity contribution in [3.05, 3.63) is 118 Å². The number of carbonyl (C=O) groups is 1. The first-order valence-corrected chi connectivity index (χ1v) is 14.6. The largest absolute Gasteiger partial charge is 0.489 e. The zero-order valence-corrected chi connectivity index (χ0v) is 24.6. The molecule has 0 aromatic heterocycles. The Morgan fingerprint density at radius 2 is 1.60 bits per heavy atom. The van der Waals surface area contributed by atoms with Crippen LogP contribution in [-0.4, -0.2) is 37.9 Å². The van der Waals surface area contributed by atoms with E-state index in [1.807, 2.05) is 107 Å². The number of morpholine rings is 1. The van der Waals surface area contributed by atoms with Gasteiger partial charge in [0.05, 0.1) is 29.6 Å². The molecule has 0 bridgehead atoms. The zero-order valence-electron chi connectivity index (χ0n) is 23.1. The topological polar surface area (TPSA) is 57.6 Å². The van der Waals surface area contributed by atoms with E-state index in [1.165, 1.54) is 6.92 Å². The molecule has 7 nitrogen and oxygen atoms in total. The van der Waals surface area contributed by atoms with Crippen molar-refractivity contribution in [2.75, 3.05) is 41.1 Å². The molecular weight excluding hydrogens is 571 g/mol. The molecule has 0 saturated carbocycles. The maximum Gasteiger partial charge on any atom is 0.198 e. The molecular formula is C33H30Cl2N4O3. The second kappa shape index (κ2) is 12.4. The van der Waals surface area contributed by atoms with Crippen molar-refractivity contribution in [1.82, 2.24) is 0 Å². The van der Waals surface area contributed by atoms with Crippen LogP contribution >= 0.6 is 23.2 Å². The van der Waals surface area contributed by atoms with Crippen LogP contribution in [-0.2, 0) is 16.1 Å². The van der Waals surface area contributed by atoms with Gasteiger partial charge in [-0.3, -0.25) is 9.69 Å². The molecule has 0 amide bonds. The average molecular weight is 602 g/mol. The number of halogens is 2. The molecule has 1 unspecified atom stereocenters. The number of Topliss-reactive ketones (excluding diaryl/α,β-unsaturated/α-hetero) is 1. The number of benzene rings is 4. The van der Waals surface area contributed by atoms with E-state index in [9.17, 15) is 4.79 Å². The quantitative estimate of drug-likeness (QED) is 0.211. The van der Waals surface area contributed by atoms with Gasteiger partial charge in [0.1, 0.15) is 12.4 Å². The highest BCUT2D eigenvalue weighted by Gasteiger charge is 2.39. The number of ether oxygens (including phenoxy) is 2. The lowest BCUT2D eigenvalue weighted by Gasteiger charge is -2.33. The second-order valence-corrected chi connectivity index (χ2v) is 11.0. The number of amidine groups is 1. The van der Waals surface area contributed by atoms with Gasteiger partial charge in [0, 0.05) is 30.7 Å². The summed E-state index contributed by atoms with van der Waals surface area (Å²) in [7, 11) is 0. The molecule has 6 rings (SSSR count). The molecule has 0 aliphatic carbocycles. The molecule has 42 heavy (non-hydrogen) atoms. The number of carbonyl (C=O) groups excluding carboxylic acids is 1. The molecule has 0 spiro atoms. The third kappa shape index (κ3) is 5.95. The van der Waals surface area contributed by atoms with Crippen LogP contribution in [0.5, 0.6) is 5.75 Å². The lowest BCUT2D eigenvalue weighted by Crippen LogP contribution is -2.38. The van der Waals surface area contributed by atoms with E-state index in [-0.39, 0.29) is 5.78 Å². The normalized spacial score (nSPS) is 16.9. The summed E-state index contributed by atoms with van der Waals surface area (Å²) in [6.07, 6.45) is -0.460. The SMILES string of the molecule is CC(=O)C1=NN(c2ccc(Cl)cc2)C(c2ccc(OCc3ccccc3)cc2)N1c1ccc(N2CCOCC2)c(Cl)c1. The van der Waals surface area contributed by atoms with Gasteiger partial charge in [-0.1, -0.05) is 65.7 Å². The Hall–Kier alpha value is -4.04. The fourth-order valence-corrected chi connectivity index (χ4v) is 5.62. The highest BCUT2D eigenvalue weighted by Crippen LogP contribution is 2.42. The van der Waals surface area contributed by atoms with Crippen LogP contribution in [0.4, 0.5) is 17.1 Å². The maximum atomic E-state index is 13.0. The van der Waals surface area contributed by atoms with Crippen molar-refractivity contribution in [1.29, 1.82) is 0 Å². The zero-order chi connectivity index (χ0) is 29.1. The van der Waals surface area contributed by atoms with Crippen molar-refractivity contribution in [3.63, 3.8) is 0 Å². The van der Waals surface area contributed by atoms with Crippen molar-refractivity contribution >= 4 is 51.9 Å². The number of hydrogen-bond acceptors (Lipinski definition) is 7. The van der Waals surface area contributed by atoms with Crippen LogP contribution in [0.15, 0.2) is 102 Å². The third-order valence-electron chi connectivity index (χ3n) is 7.30. The van der Waals surface area contributed by atoms with Crippen LogP contribution in [0.1, 0.15) is 24.2 Å². The minimum absolute atomic E-state index is 0.160. The molecule has 2 aliphatic heterocycles. The highest BCUT2D eigenvalue weighted by molar-refractivity contribution is 6.44. The molecule has 0 N–H and O–H groups in total. The van der Waals surface area contributed by atoms with E-state index in [4.69, 9.17) is 37.8 Å². The Kier molecular flexibility index (Phi) is 8.33. The van der Waals surface area contributed by atoms with Gasteiger partial charge in [0.2, 0.25) is 0 Å². The predicted molar refractivity (Wildman–Crippen MR) is 169 cm³/mol. The summed E-state index contributed by atoms with van der Waals surface area (Å²) < 4.78 is 11.5. The summed E-state index contributed by atoms with van der Waals surface area (Å²) in [5, 5.41) is 7.89. The van der Waals surface area contributed by atoms with Crippen LogP contribution in [0.2, 0.25) is 10.0 Å². The summed E-state index contributed by atoms with van der Waals surface area (Å²) in [6.45, 7) is 4.86. The Morgan fingerprint density at radius 1 is 0.905 bits per heavy atom. The number of nitrogens with zero attached hydrogens (tertiary/aromatic N) is 4. The van der Waals surface area contributed by atoms with Gasteiger partial charge in [0.25, 0.3) is 0 Å². The van der Waals surface area contributed by atoms with Crippen LogP contribution in [0.3, 0.4) is 0 Å². The Balaban J connectivity index is 1.36. The van der Waals surface area contributed by atoms with E-state index in [2.05, 4.69) is 4.90 Å². The average Bonchev–Trinajstić information content (AvgIpc) is 3.43. The van der Waals surface area contributed by atoms with Gasteiger partial charge in [-0.05, 0) is 65.7 Å². The Bertz CT molecular complexity index is 1570. The number of hydrazone groups is 1. The number of ketones is 1. The standard InChI is InChI=1S/C33H30Cl2N4O3/c1-23(40)32-36-39(27-11-9-26(34)10-12-27)33(25-7-14-29(15-8-25)42-22-24-5-3-2-4-6-24)38(32)28-13-16-31(30(35)21-28)37-17-19-41-20-18-37/h2-16,21,33H,17-20,22H2,1H3. The lowest BCUT2D eigenvalue weighted by molar-refractivity contribution is -0.111. The fraction of sp³-hybridized carbons (Fsp3) is 0.212. The Labute approximate surface area is 255 Å². The smallest absolute Gasteiger partial charge is 0.198 e. The molecule has 1 atom stereocenters. The molecule has 1 fully saturated rings. The van der Waals surface area contributed by atoms with Crippen molar-refractivity contribution < 1.29 is 14.3 Å². The molecule has 2 heterocycles. The molecule has 1 saturated heterocycles. The summed E-state index contributed by atoms with van der Waals surface area (Å²) in [5.41, 5.74) is 4.51. The predicted octanol–water partition coefficient (Wildman–Crippen LogP) is 7.34. The van der Waals surface area contributed by atoms with Gasteiger partial charge in [0.15, 0.2) is 17.8 Å². The maximum absolute atomic E-state index is 13.0. The van der Waals surface area contributed by atoms with Gasteiger partial charge in [-0.2, -0.15) is 0 Å². The summed E-state index contributed by atoms with van der Waals surface area (Å²) in [6, 6.07) is 31.2. The van der Waals surface area contributed by atoms with Gasteiger partial charge in [-0.25, -0.2) is 5.01 Å². The van der Waals surface area contributed by atoms with E-state index >= 15 is 0 Å². The Morgan fingerprint density at radius 3 is 2.26 bits per heavy atom. The monoisotopic (exact) mass is 600 g/mol. The van der Waals surface area contributed by atoms with Crippen LogP contribution < -0.4 is 19.5 Å². The first kappa shape index (κ1) is 28.1. The molecule has 0 radical (unpaired) electrons. The number of hydrogen-bond donors (Lipinski definition) is 0. The summed E-state index contributed by atoms with van der Waals surface area (Å²) in [4.78, 5) is 17.2. The van der Waals surface area contributed by atoms with Gasteiger partial charge in [-0.15, -0.1) is 5.10 Å². The first-order valence-electron chi connectivity index (χ1n) is 13.8. The third-order valence-corrected chi connectivity index (χ3v) is 7.86. The molecule has 2 aliphatic rings. The van der Waals surface area contributed by atoms with Gasteiger partial charge < -0.3 is 14.4 Å². The molecule has 4 aromatic rings. The molecule has 4 aromatic carbocycles.